The molecule has 4 N–H and O–H groups in total. The minimum absolute atomic E-state index is 0. The summed E-state index contributed by atoms with van der Waals surface area (Å²) in [6.45, 7) is 0. The molecule has 0 unspecified atom stereocenters. The molecule has 0 radical (unpaired) electrons. The number of fused-ring (bicyclic) bond motifs is 8. The molecular formula is C44H28N4O13S4Ti. The van der Waals surface area contributed by atoms with Crippen molar-refractivity contribution in [3.63, 3.8) is 0 Å². The Labute approximate surface area is 391 Å². The van der Waals surface area contributed by atoms with Gasteiger partial charge in [0.2, 0.25) is 0 Å². The molecule has 5 heterocycles. The molecule has 0 aliphatic carbocycles. The topological polar surface area (TPSA) is 300 Å². The van der Waals surface area contributed by atoms with Crippen LogP contribution in [0, 0.1) is 0 Å². The number of aromatic nitrogens is 4. The average Bonchev–Trinajstić information content (AvgIpc) is 4.08. The molecule has 0 amide bonds. The summed E-state index contributed by atoms with van der Waals surface area (Å²) >= 11 is 0. The van der Waals surface area contributed by atoms with Crippen LogP contribution in [0.2, 0.25) is 0 Å². The van der Waals surface area contributed by atoms with E-state index in [0.717, 1.165) is 0 Å². The SMILES string of the molecule is O=S(=O)(O)c1ccc(-c2c3nc(c(-c4ccc(S(=O)(=O)O)cc4)c4ccc([n-]4)c(-c4ccc(S(=O)(=O)O)cc4)c4ccc([n-]4)c(-c4ccc(S(=O)(=O)O)cc4)c4nc2C=C4)C=C3)cc1.[O-2].[Ti+4]. The van der Waals surface area contributed by atoms with E-state index in [9.17, 15) is 51.9 Å². The third kappa shape index (κ3) is 9.27. The van der Waals surface area contributed by atoms with Crippen molar-refractivity contribution >= 4 is 86.8 Å². The molecule has 4 aromatic carbocycles. The van der Waals surface area contributed by atoms with Gasteiger partial charge >= 0.3 is 21.7 Å². The Kier molecular flexibility index (Phi) is 12.7. The van der Waals surface area contributed by atoms with Crippen molar-refractivity contribution in [2.45, 2.75) is 19.6 Å². The van der Waals surface area contributed by atoms with E-state index in [1.807, 2.05) is 0 Å². The van der Waals surface area contributed by atoms with Crippen LogP contribution in [0.25, 0.3) is 90.9 Å². The summed E-state index contributed by atoms with van der Waals surface area (Å²) in [5.41, 5.74) is 6.28. The molecule has 66 heavy (non-hydrogen) atoms. The van der Waals surface area contributed by atoms with Gasteiger partial charge in [0.15, 0.2) is 0 Å². The van der Waals surface area contributed by atoms with E-state index < -0.39 is 40.5 Å². The average molecular weight is 997 g/mol. The van der Waals surface area contributed by atoms with Gasteiger partial charge in [-0.2, -0.15) is 33.7 Å². The van der Waals surface area contributed by atoms with E-state index in [2.05, 4.69) is 0 Å². The summed E-state index contributed by atoms with van der Waals surface area (Å²) in [5, 5.41) is 0. The van der Waals surface area contributed by atoms with Crippen LogP contribution in [-0.2, 0) is 67.7 Å². The van der Waals surface area contributed by atoms with Gasteiger partial charge < -0.3 is 15.4 Å². The molecule has 0 saturated heterocycles. The van der Waals surface area contributed by atoms with Crippen LogP contribution in [0.3, 0.4) is 0 Å². The van der Waals surface area contributed by atoms with E-state index in [-0.39, 0.29) is 46.8 Å². The summed E-state index contributed by atoms with van der Waals surface area (Å²) in [4.78, 5) is 18.7. The number of hydrogen-bond donors (Lipinski definition) is 4. The Bertz CT molecular complexity index is 3620. The fraction of sp³-hybridized carbons (Fsp3) is 0. The fourth-order valence-corrected chi connectivity index (χ4v) is 9.36. The van der Waals surface area contributed by atoms with E-state index in [0.29, 0.717) is 89.4 Å². The van der Waals surface area contributed by atoms with Gasteiger partial charge in [0.1, 0.15) is 0 Å². The summed E-state index contributed by atoms with van der Waals surface area (Å²) < 4.78 is 135. The quantitative estimate of drug-likeness (QED) is 0.0849. The zero-order valence-electron chi connectivity index (χ0n) is 33.2. The summed E-state index contributed by atoms with van der Waals surface area (Å²) in [6, 6.07) is 28.4. The third-order valence-corrected chi connectivity index (χ3v) is 13.8. The van der Waals surface area contributed by atoms with Crippen LogP contribution in [0.5, 0.6) is 0 Å². The van der Waals surface area contributed by atoms with Gasteiger partial charge in [0.25, 0.3) is 40.5 Å². The first-order chi connectivity index (χ1) is 30.2. The molecule has 7 aromatic rings. The summed E-state index contributed by atoms with van der Waals surface area (Å²) in [5.74, 6) is 0. The van der Waals surface area contributed by atoms with Crippen LogP contribution >= 0.6 is 0 Å². The number of hydrogen-bond acceptors (Lipinski definition) is 10. The monoisotopic (exact) mass is 996 g/mol. The molecule has 22 heteroatoms. The van der Waals surface area contributed by atoms with Gasteiger partial charge in [-0.3, -0.25) is 18.2 Å². The predicted octanol–water partition coefficient (Wildman–Crippen LogP) is 7.45. The zero-order chi connectivity index (χ0) is 45.3. The van der Waals surface area contributed by atoms with E-state index in [4.69, 9.17) is 19.9 Å². The van der Waals surface area contributed by atoms with Gasteiger partial charge in [0.05, 0.1) is 42.4 Å². The maximum Gasteiger partial charge on any atom is 4.00 e. The molecule has 0 fully saturated rings. The smallest absolute Gasteiger partial charge is 2.00 e. The normalized spacial score (nSPS) is 12.7. The van der Waals surface area contributed by atoms with Crippen molar-refractivity contribution in [3.05, 3.63) is 144 Å². The van der Waals surface area contributed by atoms with Crippen molar-refractivity contribution in [2.24, 2.45) is 0 Å². The van der Waals surface area contributed by atoms with Crippen molar-refractivity contribution in [1.29, 1.82) is 0 Å². The minimum Gasteiger partial charge on any atom is -2.00 e. The van der Waals surface area contributed by atoms with Crippen molar-refractivity contribution in [3.8, 4) is 44.5 Å². The largest absolute Gasteiger partial charge is 4.00 e. The molecule has 2 aliphatic rings. The van der Waals surface area contributed by atoms with E-state index in [1.165, 1.54) is 97.1 Å². The van der Waals surface area contributed by atoms with Crippen LogP contribution in [0.4, 0.5) is 0 Å². The molecule has 8 bridgehead atoms. The molecule has 330 valence electrons. The van der Waals surface area contributed by atoms with Crippen molar-refractivity contribution in [2.75, 3.05) is 0 Å². The molecule has 3 aromatic heterocycles. The number of rotatable bonds is 8. The maximum atomic E-state index is 12.0. The van der Waals surface area contributed by atoms with Crippen molar-refractivity contribution < 1.29 is 79.1 Å². The first-order valence-corrected chi connectivity index (χ1v) is 24.4. The second kappa shape index (κ2) is 17.5. The molecule has 0 atom stereocenters. The van der Waals surface area contributed by atoms with Crippen molar-refractivity contribution in [1.82, 2.24) is 19.9 Å². The van der Waals surface area contributed by atoms with Crippen LogP contribution in [0.1, 0.15) is 22.8 Å². The molecule has 2 aliphatic heterocycles. The first-order valence-electron chi connectivity index (χ1n) is 18.6. The second-order valence-electron chi connectivity index (χ2n) is 14.4. The third-order valence-electron chi connectivity index (χ3n) is 10.4. The van der Waals surface area contributed by atoms with Crippen LogP contribution in [0.15, 0.2) is 141 Å². The van der Waals surface area contributed by atoms with E-state index >= 15 is 0 Å². The molecule has 0 saturated carbocycles. The van der Waals surface area contributed by atoms with Gasteiger partial charge in [-0.1, -0.05) is 72.8 Å². The molecular weight excluding hydrogens is 969 g/mol. The van der Waals surface area contributed by atoms with Gasteiger partial charge in [0, 0.05) is 5.56 Å². The standard InChI is InChI=1S/C44H28N4O12S4.O.Ti/c49-61(50,51)29-9-1-25(2-10-29)41-33-17-19-35(45-33)42(26-3-11-30(12-4-26)62(52,53)54)37-21-23-39(47-37)44(28-7-15-32(16-8-28)64(58,59)60)40-24-22-38(48-40)43(36-20-18-34(41)46-36)27-5-13-31(14-6-27)63(55,56)57;;/h1-24H,(H,49,50,51)(H,52,53,54)(H,55,56,57)(H,58,59,60);;/q2*-2;+4. The summed E-state index contributed by atoms with van der Waals surface area (Å²) in [6.07, 6.45) is 6.79. The Hall–Kier alpha value is -6.21. The first kappa shape index (κ1) is 47.7. The Morgan fingerprint density at radius 3 is 0.788 bits per heavy atom. The summed E-state index contributed by atoms with van der Waals surface area (Å²) in [7, 11) is -18.2. The predicted molar refractivity (Wildman–Crippen MR) is 238 cm³/mol. The van der Waals surface area contributed by atoms with E-state index in [1.54, 1.807) is 48.6 Å². The van der Waals surface area contributed by atoms with Gasteiger partial charge in [-0.15, -0.1) is 22.1 Å². The molecule has 0 spiro atoms. The van der Waals surface area contributed by atoms with Crippen LogP contribution < -0.4 is 9.97 Å². The Balaban J connectivity index is 0.00000324. The zero-order valence-corrected chi connectivity index (χ0v) is 38.1. The fourth-order valence-electron chi connectivity index (χ4n) is 7.44. The number of nitrogens with zero attached hydrogens (tertiary/aromatic N) is 4. The van der Waals surface area contributed by atoms with Gasteiger partial charge in [-0.25, -0.2) is 9.97 Å². The Morgan fingerprint density at radius 1 is 0.318 bits per heavy atom. The number of benzene rings is 4. The molecule has 9 rings (SSSR count). The van der Waals surface area contributed by atoms with Crippen LogP contribution in [-0.4, -0.2) is 61.9 Å². The molecule has 17 nitrogen and oxygen atoms in total. The Morgan fingerprint density at radius 2 is 0.530 bits per heavy atom. The maximum absolute atomic E-state index is 12.0. The minimum atomic E-state index is -4.56. The van der Waals surface area contributed by atoms with Gasteiger partial charge in [-0.05, 0) is 112 Å². The second-order valence-corrected chi connectivity index (χ2v) is 20.0.